The van der Waals surface area contributed by atoms with Crippen molar-refractivity contribution in [1.82, 2.24) is 9.97 Å². The fourth-order valence-electron chi connectivity index (χ4n) is 2.80. The maximum Gasteiger partial charge on any atom is 0.165 e. The molecular formula is C21H27FN4O. The Morgan fingerprint density at radius 3 is 2.44 bits per heavy atom. The van der Waals surface area contributed by atoms with Gasteiger partial charge < -0.3 is 15.7 Å². The number of hydrogen-bond donors (Lipinski definition) is 2. The van der Waals surface area contributed by atoms with Gasteiger partial charge in [-0.25, -0.2) is 14.4 Å². The van der Waals surface area contributed by atoms with Gasteiger partial charge in [0.05, 0.1) is 11.1 Å². The van der Waals surface area contributed by atoms with Gasteiger partial charge in [-0.15, -0.1) is 12.3 Å². The van der Waals surface area contributed by atoms with Gasteiger partial charge in [-0.2, -0.15) is 0 Å². The van der Waals surface area contributed by atoms with E-state index in [1.54, 1.807) is 26.0 Å². The van der Waals surface area contributed by atoms with Crippen LogP contribution in [0.2, 0.25) is 0 Å². The van der Waals surface area contributed by atoms with E-state index >= 15 is 0 Å². The molecule has 2 aromatic rings. The summed E-state index contributed by atoms with van der Waals surface area (Å²) in [5, 5.41) is 10.4. The standard InChI is InChI=1S/C17H18FN3O.C3H4.CH5N/c1-3-13(11(2)22)16-19-15-7-6-12(18)10-14(15)17(20-16)21-8-4-5-9-21;1-3-2;1-2/h3,6-7,10,22H,2,4-5,8-9H2,1H3;1H,2H3;2H2,1H3/b13-3+;;. The Bertz CT molecular complexity index is 849. The van der Waals surface area contributed by atoms with Crippen molar-refractivity contribution < 1.29 is 9.50 Å². The van der Waals surface area contributed by atoms with Crippen molar-refractivity contribution in [2.45, 2.75) is 26.7 Å². The largest absolute Gasteiger partial charge is 0.508 e. The number of benzene rings is 1. The number of allylic oxidation sites excluding steroid dienone is 2. The molecule has 0 aliphatic carbocycles. The second-order valence-electron chi connectivity index (χ2n) is 5.66. The molecule has 1 aliphatic heterocycles. The molecule has 27 heavy (non-hydrogen) atoms. The van der Waals surface area contributed by atoms with E-state index in [9.17, 15) is 9.50 Å². The van der Waals surface area contributed by atoms with E-state index in [1.165, 1.54) is 19.2 Å². The molecule has 0 saturated carbocycles. The lowest BCUT2D eigenvalue weighted by molar-refractivity contribution is 0.440. The molecule has 0 bridgehead atoms. The first-order valence-corrected chi connectivity index (χ1v) is 8.74. The van der Waals surface area contributed by atoms with Crippen molar-refractivity contribution in [1.29, 1.82) is 0 Å². The molecule has 3 N–H and O–H groups in total. The number of nitrogens with zero attached hydrogens (tertiary/aromatic N) is 3. The molecule has 1 aromatic carbocycles. The highest BCUT2D eigenvalue weighted by atomic mass is 19.1. The third kappa shape index (κ3) is 5.53. The van der Waals surface area contributed by atoms with Crippen LogP contribution in [0.4, 0.5) is 10.2 Å². The number of aliphatic hydroxyl groups is 1. The van der Waals surface area contributed by atoms with E-state index in [0.29, 0.717) is 22.3 Å². The van der Waals surface area contributed by atoms with Gasteiger partial charge in [0, 0.05) is 18.5 Å². The molecule has 1 aromatic heterocycles. The average Bonchev–Trinajstić information content (AvgIpc) is 3.18. The topological polar surface area (TPSA) is 75.3 Å². The first-order valence-electron chi connectivity index (χ1n) is 8.74. The molecule has 0 spiro atoms. The Balaban J connectivity index is 0.000000665. The number of fused-ring (bicyclic) bond motifs is 1. The van der Waals surface area contributed by atoms with Gasteiger partial charge in [0.25, 0.3) is 0 Å². The Morgan fingerprint density at radius 1 is 1.33 bits per heavy atom. The third-order valence-corrected chi connectivity index (χ3v) is 3.88. The van der Waals surface area contributed by atoms with Crippen molar-refractivity contribution in [3.05, 3.63) is 48.3 Å². The Hall–Kier alpha value is -2.91. The molecule has 0 radical (unpaired) electrons. The molecule has 3 rings (SSSR count). The summed E-state index contributed by atoms with van der Waals surface area (Å²) >= 11 is 0. The zero-order valence-electron chi connectivity index (χ0n) is 16.2. The second kappa shape index (κ2) is 10.9. The highest BCUT2D eigenvalue weighted by Crippen LogP contribution is 2.30. The molecule has 5 nitrogen and oxygen atoms in total. The van der Waals surface area contributed by atoms with Gasteiger partial charge in [0.1, 0.15) is 17.4 Å². The van der Waals surface area contributed by atoms with Gasteiger partial charge >= 0.3 is 0 Å². The van der Waals surface area contributed by atoms with Crippen LogP contribution in [0, 0.1) is 18.2 Å². The maximum absolute atomic E-state index is 13.6. The van der Waals surface area contributed by atoms with E-state index in [2.05, 4.69) is 39.5 Å². The predicted octanol–water partition coefficient (Wildman–Crippen LogP) is 4.06. The summed E-state index contributed by atoms with van der Waals surface area (Å²) in [6.45, 7) is 8.80. The van der Waals surface area contributed by atoms with Crippen LogP contribution in [0.15, 0.2) is 36.6 Å². The first kappa shape index (κ1) is 22.1. The smallest absolute Gasteiger partial charge is 0.165 e. The minimum atomic E-state index is -0.304. The van der Waals surface area contributed by atoms with E-state index in [0.717, 1.165) is 31.7 Å². The highest BCUT2D eigenvalue weighted by molar-refractivity contribution is 5.91. The zero-order chi connectivity index (χ0) is 20.4. The quantitative estimate of drug-likeness (QED) is 0.484. The lowest BCUT2D eigenvalue weighted by Crippen LogP contribution is -2.20. The van der Waals surface area contributed by atoms with Gasteiger partial charge in [-0.1, -0.05) is 12.7 Å². The second-order valence-corrected chi connectivity index (χ2v) is 5.66. The van der Waals surface area contributed by atoms with E-state index in [-0.39, 0.29) is 11.6 Å². The number of aliphatic hydroxyl groups excluding tert-OH is 1. The average molecular weight is 370 g/mol. The van der Waals surface area contributed by atoms with Crippen LogP contribution in [0.1, 0.15) is 32.5 Å². The van der Waals surface area contributed by atoms with Gasteiger partial charge in [0.2, 0.25) is 0 Å². The lowest BCUT2D eigenvalue weighted by Gasteiger charge is -2.19. The van der Waals surface area contributed by atoms with Crippen molar-refractivity contribution in [2.75, 3.05) is 25.0 Å². The minimum Gasteiger partial charge on any atom is -0.508 e. The molecule has 2 heterocycles. The molecule has 144 valence electrons. The molecule has 0 amide bonds. The predicted molar refractivity (Wildman–Crippen MR) is 111 cm³/mol. The monoisotopic (exact) mass is 370 g/mol. The molecule has 0 atom stereocenters. The van der Waals surface area contributed by atoms with Crippen LogP contribution in [0.5, 0.6) is 0 Å². The molecular weight excluding hydrogens is 343 g/mol. The summed E-state index contributed by atoms with van der Waals surface area (Å²) in [6, 6.07) is 4.49. The summed E-state index contributed by atoms with van der Waals surface area (Å²) in [4.78, 5) is 11.2. The van der Waals surface area contributed by atoms with Crippen LogP contribution < -0.4 is 10.6 Å². The number of rotatable bonds is 3. The van der Waals surface area contributed by atoms with Crippen LogP contribution in [0.25, 0.3) is 16.5 Å². The van der Waals surface area contributed by atoms with E-state index in [1.807, 2.05) is 0 Å². The van der Waals surface area contributed by atoms with Crippen LogP contribution in [-0.4, -0.2) is 35.2 Å². The normalized spacial score (nSPS) is 13.2. The number of terminal acetylenes is 1. The highest BCUT2D eigenvalue weighted by Gasteiger charge is 2.20. The fraction of sp³-hybridized carbons (Fsp3) is 0.333. The van der Waals surface area contributed by atoms with E-state index in [4.69, 9.17) is 0 Å². The Labute approximate surface area is 160 Å². The van der Waals surface area contributed by atoms with Crippen molar-refractivity contribution in [3.63, 3.8) is 0 Å². The van der Waals surface area contributed by atoms with Crippen molar-refractivity contribution in [2.24, 2.45) is 5.73 Å². The maximum atomic E-state index is 13.6. The fourth-order valence-corrected chi connectivity index (χ4v) is 2.80. The van der Waals surface area contributed by atoms with Gasteiger partial charge in [-0.05, 0) is 51.9 Å². The molecule has 1 aliphatic rings. The number of nitrogens with two attached hydrogens (primary N) is 1. The summed E-state index contributed by atoms with van der Waals surface area (Å²) in [6.07, 6.45) is 8.51. The lowest BCUT2D eigenvalue weighted by atomic mass is 10.1. The number of hydrogen-bond acceptors (Lipinski definition) is 5. The minimum absolute atomic E-state index is 0.0728. The SMILES string of the molecule is C#CC.C=C(O)/C(=C\C)c1nc(N2CCCC2)c2cc(F)ccc2n1.CN. The van der Waals surface area contributed by atoms with Crippen molar-refractivity contribution >= 4 is 22.3 Å². The van der Waals surface area contributed by atoms with Gasteiger partial charge in [-0.3, -0.25) is 0 Å². The zero-order valence-corrected chi connectivity index (χ0v) is 16.2. The Kier molecular flexibility index (Phi) is 8.97. The number of halogens is 1. The van der Waals surface area contributed by atoms with E-state index < -0.39 is 0 Å². The molecule has 6 heteroatoms. The number of anilines is 1. The Morgan fingerprint density at radius 2 is 1.93 bits per heavy atom. The summed E-state index contributed by atoms with van der Waals surface area (Å²) in [5.74, 6) is 3.01. The molecule has 1 saturated heterocycles. The summed E-state index contributed by atoms with van der Waals surface area (Å²) in [5.41, 5.74) is 5.65. The molecule has 0 unspecified atom stereocenters. The summed E-state index contributed by atoms with van der Waals surface area (Å²) in [7, 11) is 1.50. The van der Waals surface area contributed by atoms with Crippen LogP contribution in [-0.2, 0) is 0 Å². The van der Waals surface area contributed by atoms with Crippen molar-refractivity contribution in [3.8, 4) is 12.3 Å². The van der Waals surface area contributed by atoms with Gasteiger partial charge in [0.15, 0.2) is 5.82 Å². The summed E-state index contributed by atoms with van der Waals surface area (Å²) < 4.78 is 13.6. The molecule has 1 fully saturated rings. The van der Waals surface area contributed by atoms with Crippen LogP contribution >= 0.6 is 0 Å². The van der Waals surface area contributed by atoms with Crippen LogP contribution in [0.3, 0.4) is 0 Å². The first-order chi connectivity index (χ1) is 13.0. The third-order valence-electron chi connectivity index (χ3n) is 3.88. The number of aromatic nitrogens is 2.